The third-order valence-electron chi connectivity index (χ3n) is 0.757. The minimum absolute atomic E-state index is 0. The van der Waals surface area contributed by atoms with Crippen molar-refractivity contribution >= 4 is 0 Å². The molecule has 0 radical (unpaired) electrons. The lowest BCUT2D eigenvalue weighted by Gasteiger charge is -2.15. The zero-order chi connectivity index (χ0) is 5.91. The van der Waals surface area contributed by atoms with Crippen molar-refractivity contribution in [2.75, 3.05) is 6.54 Å². The van der Waals surface area contributed by atoms with Crippen LogP contribution in [0, 0.1) is 12.5 Å². The Balaban J connectivity index is 0. The van der Waals surface area contributed by atoms with Crippen molar-refractivity contribution in [1.82, 2.24) is 0 Å². The van der Waals surface area contributed by atoms with Crippen LogP contribution in [0.1, 0.15) is 22.2 Å². The van der Waals surface area contributed by atoms with Crippen molar-refractivity contribution in [3.8, 4) is 0 Å². The maximum Gasteiger partial charge on any atom is 0.0564 e. The van der Waals surface area contributed by atoms with Gasteiger partial charge in [0.1, 0.15) is 0 Å². The molecule has 0 spiro atoms. The molecule has 0 aromatic rings. The van der Waals surface area contributed by atoms with Gasteiger partial charge in [-0.05, 0) is 0 Å². The molecule has 0 heterocycles. The van der Waals surface area contributed by atoms with Gasteiger partial charge in [0, 0.05) is 6.84 Å². The van der Waals surface area contributed by atoms with E-state index in [2.05, 4.69) is 27.8 Å². The first-order valence-electron chi connectivity index (χ1n) is 2.67. The van der Waals surface area contributed by atoms with Crippen LogP contribution in [-0.4, -0.2) is 6.54 Å². The maximum absolute atomic E-state index is 3.65. The lowest BCUT2D eigenvalue weighted by Crippen LogP contribution is -2.79. The first kappa shape index (κ1) is 6.96. The Bertz CT molecular complexity index is 47.0. The van der Waals surface area contributed by atoms with Crippen LogP contribution in [-0.2, 0) is 0 Å². The number of nitrogens with two attached hydrogens (primary N) is 1. The Morgan fingerprint density at radius 1 is 1.57 bits per heavy atom. The zero-order valence-corrected chi connectivity index (χ0v) is 5.49. The summed E-state index contributed by atoms with van der Waals surface area (Å²) in [6.45, 7) is 7.71. The van der Waals surface area contributed by atoms with Crippen LogP contribution >= 0.6 is 0 Å². The van der Waals surface area contributed by atoms with Crippen molar-refractivity contribution < 1.29 is 6.74 Å². The lowest BCUT2D eigenvalue weighted by molar-refractivity contribution is -0.607. The van der Waals surface area contributed by atoms with Gasteiger partial charge in [0.15, 0.2) is 0 Å². The zero-order valence-electron chi connectivity index (χ0n) is 5.49. The summed E-state index contributed by atoms with van der Waals surface area (Å²) in [5.41, 5.74) is 0.432. The average molecular weight is 103 g/mol. The smallest absolute Gasteiger partial charge is 0.0564 e. The predicted octanol–water partition coefficient (Wildman–Crippen LogP) is 0.633. The van der Waals surface area contributed by atoms with Gasteiger partial charge in [-0.2, -0.15) is 7.05 Å². The topological polar surface area (TPSA) is 16.6 Å². The normalized spacial score (nSPS) is 12.0. The summed E-state index contributed by atoms with van der Waals surface area (Å²) in [6.07, 6.45) is 0. The number of hydrogen-bond acceptors (Lipinski definition) is 0. The quantitative estimate of drug-likeness (QED) is 0.469. The second-order valence-corrected chi connectivity index (χ2v) is 3.05. The maximum atomic E-state index is 3.65. The van der Waals surface area contributed by atoms with Crippen molar-refractivity contribution in [1.29, 1.82) is 0 Å². The summed E-state index contributed by atoms with van der Waals surface area (Å²) in [7, 11) is 3.65. The summed E-state index contributed by atoms with van der Waals surface area (Å²) in [4.78, 5) is 0. The number of quaternary nitrogens is 1. The molecule has 0 bridgehead atoms. The molecular weight excluding hydrogens is 86.1 g/mol. The Kier molecular flexibility index (Phi) is 2.30. The van der Waals surface area contributed by atoms with Crippen molar-refractivity contribution in [3.63, 3.8) is 0 Å². The third-order valence-corrected chi connectivity index (χ3v) is 0.757. The Labute approximate surface area is 47.6 Å². The van der Waals surface area contributed by atoms with E-state index in [1.54, 1.807) is 0 Å². The van der Waals surface area contributed by atoms with E-state index in [1.165, 1.54) is 0 Å². The Hall–Kier alpha value is -0.0400. The van der Waals surface area contributed by atoms with Gasteiger partial charge in [-0.1, -0.05) is 20.8 Å². The lowest BCUT2D eigenvalue weighted by atomic mass is 9.97. The molecule has 1 heteroatoms. The fourth-order valence-corrected chi connectivity index (χ4v) is 0.433. The van der Waals surface area contributed by atoms with E-state index in [0.717, 1.165) is 6.54 Å². The molecule has 0 aliphatic carbocycles. The van der Waals surface area contributed by atoms with E-state index >= 15 is 0 Å². The first-order chi connectivity index (χ1) is 3.06. The molecule has 0 amide bonds. The molecule has 2 N–H and O–H groups in total. The molecule has 0 rings (SSSR count). The molecule has 0 aromatic carbocycles. The first-order valence-corrected chi connectivity index (χ1v) is 2.67. The molecule has 1 nitrogen and oxygen atoms in total. The summed E-state index contributed by atoms with van der Waals surface area (Å²) in [5, 5.41) is 1.96. The van der Waals surface area contributed by atoms with Crippen LogP contribution in [0.5, 0.6) is 0 Å². The monoisotopic (exact) mass is 103 g/mol. The Morgan fingerprint density at radius 2 is 2.00 bits per heavy atom. The minimum Gasteiger partial charge on any atom is -0.478 e. The molecule has 0 aliphatic rings. The van der Waals surface area contributed by atoms with Crippen molar-refractivity contribution in [3.05, 3.63) is 7.05 Å². The van der Waals surface area contributed by atoms with Gasteiger partial charge in [0.25, 0.3) is 0 Å². The molecule has 7 heavy (non-hydrogen) atoms. The standard InChI is InChI=1S/C6H15N.H2/c1-6(2,3)5-7-4;/h4-5,7H2,1-3H3;1H. The third kappa shape index (κ3) is 5.96. The highest BCUT2D eigenvalue weighted by Gasteiger charge is 2.07. The summed E-state index contributed by atoms with van der Waals surface area (Å²) < 4.78 is 0. The average Bonchev–Trinajstić information content (AvgIpc) is 1.30. The van der Waals surface area contributed by atoms with Gasteiger partial charge in [-0.15, -0.1) is 0 Å². The molecule has 0 unspecified atom stereocenters. The summed E-state index contributed by atoms with van der Waals surface area (Å²) >= 11 is 0. The van der Waals surface area contributed by atoms with Crippen molar-refractivity contribution in [2.24, 2.45) is 5.41 Å². The molecule has 0 saturated carbocycles. The van der Waals surface area contributed by atoms with Gasteiger partial charge < -0.3 is 5.32 Å². The summed E-state index contributed by atoms with van der Waals surface area (Å²) in [6, 6.07) is 0. The molecule has 0 aromatic heterocycles. The van der Waals surface area contributed by atoms with E-state index in [-0.39, 0.29) is 1.43 Å². The van der Waals surface area contributed by atoms with Crippen LogP contribution in [0.3, 0.4) is 0 Å². The summed E-state index contributed by atoms with van der Waals surface area (Å²) in [5.74, 6) is 0. The highest BCUT2D eigenvalue weighted by molar-refractivity contribution is 4.55. The predicted molar refractivity (Wildman–Crippen MR) is 33.7 cm³/mol. The van der Waals surface area contributed by atoms with Crippen LogP contribution < -0.4 is 5.32 Å². The van der Waals surface area contributed by atoms with Gasteiger partial charge >= 0.3 is 0 Å². The van der Waals surface area contributed by atoms with Gasteiger partial charge in [0.2, 0.25) is 0 Å². The molecule has 0 atom stereocenters. The van der Waals surface area contributed by atoms with Crippen LogP contribution in [0.25, 0.3) is 0 Å². The highest BCUT2D eigenvalue weighted by atomic mass is 14.8. The van der Waals surface area contributed by atoms with Crippen LogP contribution in [0.4, 0.5) is 0 Å². The highest BCUT2D eigenvalue weighted by Crippen LogP contribution is 2.07. The van der Waals surface area contributed by atoms with E-state index in [9.17, 15) is 0 Å². The van der Waals surface area contributed by atoms with E-state index in [0.29, 0.717) is 5.41 Å². The van der Waals surface area contributed by atoms with Gasteiger partial charge in [-0.25, -0.2) is 0 Å². The largest absolute Gasteiger partial charge is 0.478 e. The molecule has 0 saturated heterocycles. The molecule has 0 fully saturated rings. The molecular formula is C6H17N. The van der Waals surface area contributed by atoms with E-state index in [1.807, 2.05) is 5.32 Å². The minimum atomic E-state index is 0. The fraction of sp³-hybridized carbons (Fsp3) is 0.833. The second-order valence-electron chi connectivity index (χ2n) is 3.05. The Morgan fingerprint density at radius 3 is 2.00 bits per heavy atom. The number of hydrogen-bond donors (Lipinski definition) is 1. The second kappa shape index (κ2) is 2.31. The van der Waals surface area contributed by atoms with Crippen LogP contribution in [0.15, 0.2) is 0 Å². The van der Waals surface area contributed by atoms with E-state index < -0.39 is 0 Å². The van der Waals surface area contributed by atoms with Gasteiger partial charge in [-0.3, -0.25) is 0 Å². The number of rotatable bonds is 1. The van der Waals surface area contributed by atoms with Crippen molar-refractivity contribution in [2.45, 2.75) is 20.8 Å². The van der Waals surface area contributed by atoms with Gasteiger partial charge in [0.05, 0.1) is 6.54 Å². The van der Waals surface area contributed by atoms with E-state index in [4.69, 9.17) is 0 Å². The fourth-order valence-electron chi connectivity index (χ4n) is 0.433. The SMILES string of the molecule is [CH2-][NH2+]CC(C)(C)C.[HH]. The van der Waals surface area contributed by atoms with Crippen LogP contribution in [0.2, 0.25) is 0 Å². The molecule has 0 aliphatic heterocycles. The molecule has 46 valence electrons.